The van der Waals surface area contributed by atoms with Gasteiger partial charge in [0.05, 0.1) is 18.2 Å². The molecule has 7 nitrogen and oxygen atoms in total. The van der Waals surface area contributed by atoms with Crippen LogP contribution in [0.15, 0.2) is 35.1 Å². The summed E-state index contributed by atoms with van der Waals surface area (Å²) in [7, 11) is 0. The summed E-state index contributed by atoms with van der Waals surface area (Å²) in [5.74, 6) is 1.64. The minimum Gasteiger partial charge on any atom is -0.491 e. The summed E-state index contributed by atoms with van der Waals surface area (Å²) in [5.41, 5.74) is 0.618. The fourth-order valence-electron chi connectivity index (χ4n) is 3.67. The van der Waals surface area contributed by atoms with E-state index in [1.807, 2.05) is 22.9 Å². The number of nitrogens with zero attached hydrogens (tertiary/aromatic N) is 4. The van der Waals surface area contributed by atoms with Gasteiger partial charge in [0.25, 0.3) is 0 Å². The second-order valence-corrected chi connectivity index (χ2v) is 6.83. The summed E-state index contributed by atoms with van der Waals surface area (Å²) in [6.45, 7) is 0.549. The summed E-state index contributed by atoms with van der Waals surface area (Å²) >= 11 is 0. The molecule has 136 valence electrons. The summed E-state index contributed by atoms with van der Waals surface area (Å²) in [4.78, 5) is 14.4. The van der Waals surface area contributed by atoms with Crippen LogP contribution < -0.4 is 10.3 Å². The first kappa shape index (κ1) is 16.8. The molecule has 1 aromatic carbocycles. The van der Waals surface area contributed by atoms with Crippen molar-refractivity contribution in [2.45, 2.75) is 51.0 Å². The third kappa shape index (κ3) is 3.61. The zero-order valence-corrected chi connectivity index (χ0v) is 14.7. The number of H-pyrrole nitrogens is 1. The highest BCUT2D eigenvalue weighted by Gasteiger charge is 2.19. The number of hydrogen-bond acceptors (Lipinski definition) is 5. The molecule has 0 aliphatic heterocycles. The molecule has 0 unspecified atom stereocenters. The van der Waals surface area contributed by atoms with Crippen LogP contribution in [0.4, 0.5) is 0 Å². The van der Waals surface area contributed by atoms with Gasteiger partial charge in [0.1, 0.15) is 5.75 Å². The Hall–Kier alpha value is -2.70. The SMILES string of the molecule is O=c1ccc2cccc(OCCCc3nnnn3C3CCCCC3)c2[nH]1. The molecule has 0 saturated heterocycles. The lowest BCUT2D eigenvalue weighted by molar-refractivity contribution is 0.299. The lowest BCUT2D eigenvalue weighted by Gasteiger charge is -2.22. The normalized spacial score (nSPS) is 15.4. The Morgan fingerprint density at radius 3 is 2.92 bits per heavy atom. The van der Waals surface area contributed by atoms with Crippen LogP contribution in [0.1, 0.15) is 50.4 Å². The summed E-state index contributed by atoms with van der Waals surface area (Å²) in [6.07, 6.45) is 7.76. The van der Waals surface area contributed by atoms with Crippen LogP contribution in [0.25, 0.3) is 10.9 Å². The maximum atomic E-state index is 11.6. The third-order valence-corrected chi connectivity index (χ3v) is 5.00. The molecule has 0 spiro atoms. The van der Waals surface area contributed by atoms with Gasteiger partial charge < -0.3 is 9.72 Å². The van der Waals surface area contributed by atoms with Crippen LogP contribution in [0.5, 0.6) is 5.75 Å². The number of para-hydroxylation sites is 1. The van der Waals surface area contributed by atoms with Crippen molar-refractivity contribution in [1.29, 1.82) is 0 Å². The number of pyridine rings is 1. The Morgan fingerprint density at radius 1 is 1.15 bits per heavy atom. The molecule has 2 aromatic heterocycles. The van der Waals surface area contributed by atoms with Crippen LogP contribution in [0.3, 0.4) is 0 Å². The van der Waals surface area contributed by atoms with E-state index in [0.29, 0.717) is 18.4 Å². The van der Waals surface area contributed by atoms with Crippen molar-refractivity contribution in [2.24, 2.45) is 0 Å². The van der Waals surface area contributed by atoms with Gasteiger partial charge in [-0.1, -0.05) is 31.4 Å². The number of hydrogen-bond donors (Lipinski definition) is 1. The zero-order chi connectivity index (χ0) is 17.8. The van der Waals surface area contributed by atoms with Gasteiger partial charge in [-0.15, -0.1) is 5.10 Å². The molecule has 26 heavy (non-hydrogen) atoms. The molecule has 1 N–H and O–H groups in total. The number of fused-ring (bicyclic) bond motifs is 1. The van der Waals surface area contributed by atoms with E-state index in [1.165, 1.54) is 25.3 Å². The number of aromatic nitrogens is 5. The first-order chi connectivity index (χ1) is 12.8. The van der Waals surface area contributed by atoms with Gasteiger partial charge >= 0.3 is 0 Å². The number of aromatic amines is 1. The zero-order valence-electron chi connectivity index (χ0n) is 14.7. The van der Waals surface area contributed by atoms with Gasteiger partial charge in [-0.2, -0.15) is 0 Å². The number of ether oxygens (including phenoxy) is 1. The Bertz CT molecular complexity index is 927. The smallest absolute Gasteiger partial charge is 0.248 e. The second kappa shape index (κ2) is 7.68. The van der Waals surface area contributed by atoms with E-state index in [1.54, 1.807) is 6.07 Å². The highest BCUT2D eigenvalue weighted by molar-refractivity contribution is 5.84. The van der Waals surface area contributed by atoms with Crippen molar-refractivity contribution in [3.8, 4) is 5.75 Å². The van der Waals surface area contributed by atoms with Crippen molar-refractivity contribution in [1.82, 2.24) is 25.2 Å². The molecule has 3 aromatic rings. The van der Waals surface area contributed by atoms with Crippen molar-refractivity contribution in [3.05, 3.63) is 46.5 Å². The molecule has 4 rings (SSSR count). The molecule has 2 heterocycles. The monoisotopic (exact) mass is 353 g/mol. The molecule has 0 radical (unpaired) electrons. The molecule has 1 aliphatic carbocycles. The predicted octanol–water partition coefficient (Wildman–Crippen LogP) is 3.03. The van der Waals surface area contributed by atoms with E-state index in [0.717, 1.165) is 42.4 Å². The van der Waals surface area contributed by atoms with Crippen molar-refractivity contribution in [2.75, 3.05) is 6.61 Å². The maximum Gasteiger partial charge on any atom is 0.248 e. The highest BCUT2D eigenvalue weighted by atomic mass is 16.5. The largest absolute Gasteiger partial charge is 0.491 e. The molecule has 1 fully saturated rings. The summed E-state index contributed by atoms with van der Waals surface area (Å²) in [6, 6.07) is 9.54. The van der Waals surface area contributed by atoms with E-state index in [-0.39, 0.29) is 5.56 Å². The summed E-state index contributed by atoms with van der Waals surface area (Å²) < 4.78 is 7.92. The van der Waals surface area contributed by atoms with E-state index >= 15 is 0 Å². The van der Waals surface area contributed by atoms with Gasteiger partial charge in [-0.25, -0.2) is 4.68 Å². The van der Waals surface area contributed by atoms with Crippen LogP contribution in [0.2, 0.25) is 0 Å². The Labute approximate surface area is 151 Å². The number of aryl methyl sites for hydroxylation is 1. The predicted molar refractivity (Wildman–Crippen MR) is 98.3 cm³/mol. The van der Waals surface area contributed by atoms with Crippen LogP contribution in [-0.4, -0.2) is 31.8 Å². The average molecular weight is 353 g/mol. The Balaban J connectivity index is 1.37. The minimum atomic E-state index is -0.125. The topological polar surface area (TPSA) is 85.7 Å². The molecular weight excluding hydrogens is 330 g/mol. The fraction of sp³-hybridized carbons (Fsp3) is 0.474. The first-order valence-electron chi connectivity index (χ1n) is 9.33. The van der Waals surface area contributed by atoms with Gasteiger partial charge in [-0.05, 0) is 41.8 Å². The Kier molecular flexibility index (Phi) is 4.95. The minimum absolute atomic E-state index is 0.125. The van der Waals surface area contributed by atoms with Gasteiger partial charge in [-0.3, -0.25) is 4.79 Å². The average Bonchev–Trinajstić information content (AvgIpc) is 3.14. The third-order valence-electron chi connectivity index (χ3n) is 5.00. The molecular formula is C19H23N5O2. The van der Waals surface area contributed by atoms with Gasteiger partial charge in [0.15, 0.2) is 5.82 Å². The van der Waals surface area contributed by atoms with E-state index in [4.69, 9.17) is 4.74 Å². The lowest BCUT2D eigenvalue weighted by atomic mass is 9.95. The quantitative estimate of drug-likeness (QED) is 0.689. The molecule has 0 atom stereocenters. The van der Waals surface area contributed by atoms with Crippen LogP contribution >= 0.6 is 0 Å². The first-order valence-corrected chi connectivity index (χ1v) is 9.33. The van der Waals surface area contributed by atoms with E-state index in [9.17, 15) is 4.79 Å². The molecule has 7 heteroatoms. The standard InChI is InChI=1S/C19H23N5O2/c25-18-12-11-14-6-4-9-16(19(14)20-18)26-13-5-10-17-21-22-23-24(17)15-7-2-1-3-8-15/h4,6,9,11-12,15H,1-3,5,7-8,10,13H2,(H,20,25). The molecule has 1 aliphatic rings. The van der Waals surface area contributed by atoms with E-state index in [2.05, 4.69) is 20.5 Å². The van der Waals surface area contributed by atoms with Gasteiger partial charge in [0.2, 0.25) is 5.56 Å². The molecule has 0 amide bonds. The van der Waals surface area contributed by atoms with Crippen molar-refractivity contribution >= 4 is 10.9 Å². The Morgan fingerprint density at radius 2 is 2.04 bits per heavy atom. The highest BCUT2D eigenvalue weighted by Crippen LogP contribution is 2.28. The van der Waals surface area contributed by atoms with Crippen molar-refractivity contribution in [3.63, 3.8) is 0 Å². The maximum absolute atomic E-state index is 11.6. The number of nitrogens with one attached hydrogen (secondary N) is 1. The van der Waals surface area contributed by atoms with Gasteiger partial charge in [0, 0.05) is 17.9 Å². The fourth-order valence-corrected chi connectivity index (χ4v) is 3.67. The summed E-state index contributed by atoms with van der Waals surface area (Å²) in [5, 5.41) is 13.2. The van der Waals surface area contributed by atoms with E-state index < -0.39 is 0 Å². The molecule has 0 bridgehead atoms. The molecule has 1 saturated carbocycles. The number of tetrazole rings is 1. The second-order valence-electron chi connectivity index (χ2n) is 6.83. The van der Waals surface area contributed by atoms with Crippen LogP contribution in [0, 0.1) is 0 Å². The lowest BCUT2D eigenvalue weighted by Crippen LogP contribution is -2.17. The number of benzene rings is 1. The number of rotatable bonds is 6. The van der Waals surface area contributed by atoms with Crippen LogP contribution in [-0.2, 0) is 6.42 Å². The van der Waals surface area contributed by atoms with Crippen molar-refractivity contribution < 1.29 is 4.74 Å².